The number of carboxylic acid groups (broad SMARTS) is 1. The number of carbonyl (C=O) groups excluding carboxylic acids is 1. The van der Waals surface area contributed by atoms with Crippen LogP contribution in [0.1, 0.15) is 28.6 Å². The van der Waals surface area contributed by atoms with Crippen LogP contribution in [0.2, 0.25) is 0 Å². The van der Waals surface area contributed by atoms with E-state index in [2.05, 4.69) is 0 Å². The maximum atomic E-state index is 13.9. The van der Waals surface area contributed by atoms with Crippen molar-refractivity contribution in [2.24, 2.45) is 5.92 Å². The van der Waals surface area contributed by atoms with E-state index in [1.807, 2.05) is 0 Å². The van der Waals surface area contributed by atoms with Crippen molar-refractivity contribution in [2.45, 2.75) is 26.3 Å². The molecule has 0 aliphatic carbocycles. The highest BCUT2D eigenvalue weighted by molar-refractivity contribution is 7.21. The summed E-state index contributed by atoms with van der Waals surface area (Å²) in [6.45, 7) is 3.92. The summed E-state index contributed by atoms with van der Waals surface area (Å²) in [5, 5.41) is 9.66. The molecule has 1 aromatic carbocycles. The first-order chi connectivity index (χ1) is 10.4. The number of fused-ring (bicyclic) bond motifs is 1. The van der Waals surface area contributed by atoms with E-state index in [0.717, 1.165) is 4.70 Å². The van der Waals surface area contributed by atoms with Gasteiger partial charge in [-0.25, -0.2) is 4.39 Å². The van der Waals surface area contributed by atoms with Gasteiger partial charge in [-0.15, -0.1) is 11.3 Å². The fraction of sp³-hybridized carbons (Fsp3) is 0.375. The first-order valence-corrected chi connectivity index (χ1v) is 7.95. The number of thiophene rings is 1. The number of hydrogen-bond acceptors (Lipinski definition) is 3. The van der Waals surface area contributed by atoms with Crippen molar-refractivity contribution in [3.63, 3.8) is 0 Å². The van der Waals surface area contributed by atoms with Crippen LogP contribution in [-0.4, -0.2) is 34.5 Å². The lowest BCUT2D eigenvalue weighted by molar-refractivity contribution is -0.142. The highest BCUT2D eigenvalue weighted by Gasteiger charge is 2.39. The molecule has 1 amide bonds. The number of aliphatic carboxylic acids is 1. The number of carbonyl (C=O) groups is 2. The van der Waals surface area contributed by atoms with E-state index in [4.69, 9.17) is 0 Å². The minimum absolute atomic E-state index is 0.200. The van der Waals surface area contributed by atoms with Gasteiger partial charge in [0, 0.05) is 22.7 Å². The Balaban J connectivity index is 1.98. The average Bonchev–Trinajstić information content (AvgIpc) is 3.00. The maximum absolute atomic E-state index is 13.9. The van der Waals surface area contributed by atoms with Crippen molar-refractivity contribution in [2.75, 3.05) is 6.54 Å². The molecule has 0 bridgehead atoms. The zero-order chi connectivity index (χ0) is 16.0. The fourth-order valence-electron chi connectivity index (χ4n) is 3.14. The van der Waals surface area contributed by atoms with E-state index in [0.29, 0.717) is 28.8 Å². The molecular formula is C16H16FNO3S. The van der Waals surface area contributed by atoms with Crippen LogP contribution in [0.3, 0.4) is 0 Å². The van der Waals surface area contributed by atoms with Crippen LogP contribution in [0.5, 0.6) is 0 Å². The van der Waals surface area contributed by atoms with Gasteiger partial charge in [0.25, 0.3) is 5.91 Å². The van der Waals surface area contributed by atoms with Crippen molar-refractivity contribution in [3.05, 3.63) is 34.5 Å². The van der Waals surface area contributed by atoms with Gasteiger partial charge in [0.2, 0.25) is 0 Å². The first kappa shape index (κ1) is 15.0. The van der Waals surface area contributed by atoms with Gasteiger partial charge >= 0.3 is 5.97 Å². The highest BCUT2D eigenvalue weighted by Crippen LogP contribution is 2.35. The number of halogens is 1. The molecule has 1 fully saturated rings. The smallest absolute Gasteiger partial charge is 0.308 e. The number of benzene rings is 1. The summed E-state index contributed by atoms with van der Waals surface area (Å²) in [7, 11) is 0. The summed E-state index contributed by atoms with van der Waals surface area (Å²) < 4.78 is 14.7. The predicted molar refractivity (Wildman–Crippen MR) is 82.8 cm³/mol. The number of likely N-dealkylation sites (tertiary alicyclic amines) is 1. The Kier molecular flexibility index (Phi) is 3.64. The standard InChI is InChI=1S/C16H16FNO3S/c1-8-13-11(17)4-3-5-12(13)22-14(8)15(19)18-7-6-10(9(18)2)16(20)21/h3-5,9-10H,6-7H2,1-2H3,(H,20,21). The number of carboxylic acids is 1. The van der Waals surface area contributed by atoms with Crippen molar-refractivity contribution in [1.82, 2.24) is 4.90 Å². The Morgan fingerprint density at radius 3 is 2.73 bits per heavy atom. The molecule has 1 aliphatic rings. The second-order valence-electron chi connectivity index (χ2n) is 5.64. The van der Waals surface area contributed by atoms with Crippen LogP contribution in [0.4, 0.5) is 4.39 Å². The first-order valence-electron chi connectivity index (χ1n) is 7.13. The zero-order valence-corrected chi connectivity index (χ0v) is 13.1. The number of hydrogen-bond donors (Lipinski definition) is 1. The van der Waals surface area contributed by atoms with Crippen LogP contribution in [0.25, 0.3) is 10.1 Å². The summed E-state index contributed by atoms with van der Waals surface area (Å²) in [5.41, 5.74) is 0.633. The second-order valence-corrected chi connectivity index (χ2v) is 6.69. The van der Waals surface area contributed by atoms with Gasteiger partial charge in [-0.1, -0.05) is 6.07 Å². The van der Waals surface area contributed by atoms with Gasteiger partial charge in [0.1, 0.15) is 5.82 Å². The summed E-state index contributed by atoms with van der Waals surface area (Å²) in [6.07, 6.45) is 0.459. The van der Waals surface area contributed by atoms with Gasteiger partial charge in [0.05, 0.1) is 10.8 Å². The van der Waals surface area contributed by atoms with Gasteiger partial charge in [-0.3, -0.25) is 9.59 Å². The third-order valence-corrected chi connectivity index (χ3v) is 5.68. The number of amides is 1. The summed E-state index contributed by atoms with van der Waals surface area (Å²) >= 11 is 1.27. The van der Waals surface area contributed by atoms with E-state index in [9.17, 15) is 19.1 Å². The minimum atomic E-state index is -0.873. The van der Waals surface area contributed by atoms with Crippen molar-refractivity contribution in [1.29, 1.82) is 0 Å². The van der Waals surface area contributed by atoms with Gasteiger partial charge in [0.15, 0.2) is 0 Å². The molecular weight excluding hydrogens is 305 g/mol. The van der Waals surface area contributed by atoms with Crippen LogP contribution in [0, 0.1) is 18.7 Å². The zero-order valence-electron chi connectivity index (χ0n) is 12.3. The van der Waals surface area contributed by atoms with Gasteiger partial charge < -0.3 is 10.0 Å². The fourth-order valence-corrected chi connectivity index (χ4v) is 4.32. The summed E-state index contributed by atoms with van der Waals surface area (Å²) in [4.78, 5) is 26.0. The van der Waals surface area contributed by atoms with E-state index in [1.54, 1.807) is 30.9 Å². The molecule has 2 atom stereocenters. The second kappa shape index (κ2) is 5.35. The Hall–Kier alpha value is -1.95. The SMILES string of the molecule is Cc1c(C(=O)N2CCC(C(=O)O)C2C)sc2cccc(F)c12. The van der Waals surface area contributed by atoms with E-state index < -0.39 is 11.9 Å². The summed E-state index contributed by atoms with van der Waals surface area (Å²) in [6, 6.07) is 4.45. The molecule has 3 rings (SSSR count). The largest absolute Gasteiger partial charge is 0.481 e. The van der Waals surface area contributed by atoms with Crippen LogP contribution >= 0.6 is 11.3 Å². The van der Waals surface area contributed by atoms with E-state index in [1.165, 1.54) is 17.4 Å². The molecule has 22 heavy (non-hydrogen) atoms. The Morgan fingerprint density at radius 1 is 1.41 bits per heavy atom. The quantitative estimate of drug-likeness (QED) is 0.923. The molecule has 1 aromatic heterocycles. The molecule has 1 saturated heterocycles. The van der Waals surface area contributed by atoms with E-state index in [-0.39, 0.29) is 17.8 Å². The Labute approximate surface area is 131 Å². The van der Waals surface area contributed by atoms with Crippen LogP contribution < -0.4 is 0 Å². The summed E-state index contributed by atoms with van der Waals surface area (Å²) in [5.74, 6) is -1.94. The van der Waals surface area contributed by atoms with Crippen LogP contribution in [-0.2, 0) is 4.79 Å². The maximum Gasteiger partial charge on any atom is 0.308 e. The van der Waals surface area contributed by atoms with Crippen molar-refractivity contribution >= 4 is 33.3 Å². The lowest BCUT2D eigenvalue weighted by Gasteiger charge is -2.23. The topological polar surface area (TPSA) is 57.6 Å². The third-order valence-electron chi connectivity index (χ3n) is 4.43. The molecule has 2 unspecified atom stereocenters. The lowest BCUT2D eigenvalue weighted by atomic mass is 10.0. The molecule has 0 radical (unpaired) electrons. The number of nitrogens with zero attached hydrogens (tertiary/aromatic N) is 1. The molecule has 2 heterocycles. The molecule has 116 valence electrons. The molecule has 6 heteroatoms. The molecule has 4 nitrogen and oxygen atoms in total. The molecule has 0 saturated carbocycles. The van der Waals surface area contributed by atoms with Gasteiger partial charge in [-0.05, 0) is 38.0 Å². The Bertz CT molecular complexity index is 770. The van der Waals surface area contributed by atoms with E-state index >= 15 is 0 Å². The highest BCUT2D eigenvalue weighted by atomic mass is 32.1. The lowest BCUT2D eigenvalue weighted by Crippen LogP contribution is -2.37. The van der Waals surface area contributed by atoms with Gasteiger partial charge in [-0.2, -0.15) is 0 Å². The van der Waals surface area contributed by atoms with Crippen molar-refractivity contribution < 1.29 is 19.1 Å². The minimum Gasteiger partial charge on any atom is -0.481 e. The Morgan fingerprint density at radius 2 is 2.14 bits per heavy atom. The predicted octanol–water partition coefficient (Wildman–Crippen LogP) is 3.28. The number of rotatable bonds is 2. The molecule has 2 aromatic rings. The normalized spacial score (nSPS) is 21.5. The molecule has 1 aliphatic heterocycles. The van der Waals surface area contributed by atoms with Crippen molar-refractivity contribution in [3.8, 4) is 0 Å². The average molecular weight is 321 g/mol. The monoisotopic (exact) mass is 321 g/mol. The molecule has 1 N–H and O–H groups in total. The number of aryl methyl sites for hydroxylation is 1. The molecule has 0 spiro atoms. The third kappa shape index (κ3) is 2.18. The van der Waals surface area contributed by atoms with Crippen LogP contribution in [0.15, 0.2) is 18.2 Å².